The molecule has 0 bridgehead atoms. The molecule has 1 heterocycles. The highest BCUT2D eigenvalue weighted by molar-refractivity contribution is 5.85. The molecule has 0 fully saturated rings. The van der Waals surface area contributed by atoms with Gasteiger partial charge in [0.05, 0.1) is 0 Å². The maximum Gasteiger partial charge on any atom is 0.137 e. The Morgan fingerprint density at radius 2 is 1.88 bits per heavy atom. The van der Waals surface area contributed by atoms with Crippen LogP contribution in [0.5, 0.6) is 0 Å². The van der Waals surface area contributed by atoms with Gasteiger partial charge in [-0.25, -0.2) is 4.98 Å². The lowest BCUT2D eigenvalue weighted by atomic mass is 11.3. The van der Waals surface area contributed by atoms with Gasteiger partial charge in [-0.2, -0.15) is 5.10 Å². The average molecular weight is 160 g/mol. The van der Waals surface area contributed by atoms with E-state index >= 15 is 0 Å². The zero-order valence-corrected chi connectivity index (χ0v) is 5.50. The molecule has 0 atom stereocenters. The van der Waals surface area contributed by atoms with Crippen LogP contribution in [0.3, 0.4) is 0 Å². The summed E-state index contributed by atoms with van der Waals surface area (Å²) in [7, 11) is 0. The summed E-state index contributed by atoms with van der Waals surface area (Å²) in [5.41, 5.74) is 0. The van der Waals surface area contributed by atoms with Gasteiger partial charge in [-0.1, -0.05) is 0 Å². The highest BCUT2D eigenvalue weighted by atomic mass is 35.5. The molecule has 1 aromatic heterocycles. The molecule has 0 saturated heterocycles. The van der Waals surface area contributed by atoms with Crippen LogP contribution in [-0.2, 0) is 0 Å². The summed E-state index contributed by atoms with van der Waals surface area (Å²) >= 11 is 0. The number of aromatic nitrogens is 3. The van der Waals surface area contributed by atoms with Gasteiger partial charge in [0, 0.05) is 0 Å². The second kappa shape index (κ2) is 9.84. The third-order valence-corrected chi connectivity index (χ3v) is 0.331. The van der Waals surface area contributed by atoms with Crippen molar-refractivity contribution in [2.24, 2.45) is 0 Å². The second-order valence-corrected chi connectivity index (χ2v) is 0.652. The second-order valence-electron chi connectivity index (χ2n) is 0.652. The van der Waals surface area contributed by atoms with E-state index in [1.54, 1.807) is 0 Å². The van der Waals surface area contributed by atoms with Crippen LogP contribution in [0.2, 0.25) is 0 Å². The lowest BCUT2D eigenvalue weighted by Crippen LogP contribution is -1.53. The maximum absolute atomic E-state index is 3.56. The van der Waals surface area contributed by atoms with E-state index in [-0.39, 0.29) is 30.3 Å². The molecule has 0 aliphatic heterocycles. The Labute approximate surface area is 58.8 Å². The van der Waals surface area contributed by atoms with Crippen molar-refractivity contribution in [3.63, 3.8) is 0 Å². The Kier molecular flexibility index (Phi) is 19.2. The summed E-state index contributed by atoms with van der Waals surface area (Å²) < 4.78 is 0. The predicted octanol–water partition coefficient (Wildman–Crippen LogP) is -0.176. The summed E-state index contributed by atoms with van der Waals surface area (Å²) in [5, 5.41) is 5.99. The van der Waals surface area contributed by atoms with Gasteiger partial charge in [-0.05, 0) is 0 Å². The molecule has 0 spiro atoms. The van der Waals surface area contributed by atoms with Crippen molar-refractivity contribution in [3.05, 3.63) is 12.7 Å². The number of aromatic amines is 1. The third kappa shape index (κ3) is 5.68. The molecule has 0 radical (unpaired) electrons. The lowest BCUT2D eigenvalue weighted by Gasteiger charge is -1.46. The Hall–Kier alpha value is -0.320. The standard InChI is InChI=1S/C2H3N3.2ClH.H2O/c1-3-2-5-4-1;;;/h1-2H,(H,3,4,5);2*1H;1H2. The van der Waals surface area contributed by atoms with Gasteiger partial charge < -0.3 is 5.48 Å². The molecule has 4 nitrogen and oxygen atoms in total. The minimum atomic E-state index is 0. The summed E-state index contributed by atoms with van der Waals surface area (Å²) in [6.07, 6.45) is 2.96. The Morgan fingerprint density at radius 3 is 2.00 bits per heavy atom. The third-order valence-electron chi connectivity index (χ3n) is 0.331. The first kappa shape index (κ1) is 15.6. The molecule has 1 rings (SSSR count). The fourth-order valence-corrected chi connectivity index (χ4v) is 0.167. The van der Waals surface area contributed by atoms with Gasteiger partial charge in [0.15, 0.2) is 0 Å². The topological polar surface area (TPSA) is 73.1 Å². The Morgan fingerprint density at radius 1 is 1.25 bits per heavy atom. The summed E-state index contributed by atoms with van der Waals surface area (Å²) in [4.78, 5) is 3.56. The smallest absolute Gasteiger partial charge is 0.137 e. The van der Waals surface area contributed by atoms with Crippen LogP contribution < -0.4 is 0 Å². The van der Waals surface area contributed by atoms with Gasteiger partial charge >= 0.3 is 0 Å². The number of halogens is 2. The van der Waals surface area contributed by atoms with Crippen LogP contribution in [0.1, 0.15) is 0 Å². The fraction of sp³-hybridized carbons (Fsp3) is 0. The first-order chi connectivity index (χ1) is 2.50. The maximum atomic E-state index is 3.56. The van der Waals surface area contributed by atoms with Gasteiger partial charge in [-0.15, -0.1) is 24.8 Å². The van der Waals surface area contributed by atoms with E-state index in [9.17, 15) is 0 Å². The van der Waals surface area contributed by atoms with Crippen molar-refractivity contribution >= 4 is 24.8 Å². The Balaban J connectivity index is -0.0000000833. The zero-order valence-electron chi connectivity index (χ0n) is 3.87. The SMILES string of the molecule is Cl.Cl.O.c1nc[nH]n1. The largest absolute Gasteiger partial charge is 0.412 e. The van der Waals surface area contributed by atoms with Crippen LogP contribution in [-0.4, -0.2) is 20.7 Å². The predicted molar refractivity (Wildman–Crippen MR) is 34.5 cm³/mol. The van der Waals surface area contributed by atoms with E-state index in [1.165, 1.54) is 12.7 Å². The lowest BCUT2D eigenvalue weighted by molar-refractivity contribution is 0.824. The van der Waals surface area contributed by atoms with E-state index < -0.39 is 0 Å². The number of hydrogen-bond acceptors (Lipinski definition) is 2. The summed E-state index contributed by atoms with van der Waals surface area (Å²) in [5.74, 6) is 0. The molecule has 8 heavy (non-hydrogen) atoms. The van der Waals surface area contributed by atoms with Crippen molar-refractivity contribution < 1.29 is 5.48 Å². The molecule has 0 saturated carbocycles. The quantitative estimate of drug-likeness (QED) is 0.571. The van der Waals surface area contributed by atoms with E-state index in [0.717, 1.165) is 0 Å². The van der Waals surface area contributed by atoms with E-state index in [4.69, 9.17) is 0 Å². The number of nitrogens with zero attached hydrogens (tertiary/aromatic N) is 2. The van der Waals surface area contributed by atoms with Crippen LogP contribution in [0.4, 0.5) is 0 Å². The van der Waals surface area contributed by atoms with Gasteiger partial charge in [-0.3, -0.25) is 5.10 Å². The van der Waals surface area contributed by atoms with Crippen molar-refractivity contribution in [2.45, 2.75) is 0 Å². The van der Waals surface area contributed by atoms with Crippen LogP contribution in [0, 0.1) is 0 Å². The van der Waals surface area contributed by atoms with E-state index in [1.807, 2.05) is 0 Å². The molecular formula is C2H7Cl2N3O. The first-order valence-corrected chi connectivity index (χ1v) is 1.29. The van der Waals surface area contributed by atoms with Crippen LogP contribution >= 0.6 is 24.8 Å². The minimum absolute atomic E-state index is 0. The molecule has 0 unspecified atom stereocenters. The molecule has 0 amide bonds. The molecule has 1 aromatic rings. The minimum Gasteiger partial charge on any atom is -0.412 e. The van der Waals surface area contributed by atoms with Crippen LogP contribution in [0.15, 0.2) is 12.7 Å². The summed E-state index contributed by atoms with van der Waals surface area (Å²) in [6, 6.07) is 0. The highest BCUT2D eigenvalue weighted by Crippen LogP contribution is 1.53. The van der Waals surface area contributed by atoms with Crippen molar-refractivity contribution in [2.75, 3.05) is 0 Å². The Bertz CT molecular complexity index is 71.8. The molecule has 0 aromatic carbocycles. The number of hydrogen-bond donors (Lipinski definition) is 1. The normalized spacial score (nSPS) is 5.00. The van der Waals surface area contributed by atoms with Gasteiger partial charge in [0.1, 0.15) is 12.7 Å². The number of H-pyrrole nitrogens is 1. The molecule has 6 heteroatoms. The van der Waals surface area contributed by atoms with Crippen molar-refractivity contribution in [3.8, 4) is 0 Å². The first-order valence-electron chi connectivity index (χ1n) is 1.29. The average Bonchev–Trinajstić information content (AvgIpc) is 1.76. The number of nitrogens with one attached hydrogen (secondary N) is 1. The molecule has 0 aliphatic carbocycles. The highest BCUT2D eigenvalue weighted by Gasteiger charge is 1.57. The van der Waals surface area contributed by atoms with Crippen molar-refractivity contribution in [1.82, 2.24) is 15.2 Å². The van der Waals surface area contributed by atoms with E-state index in [0.29, 0.717) is 0 Å². The molecule has 50 valence electrons. The summed E-state index contributed by atoms with van der Waals surface area (Å²) in [6.45, 7) is 0. The monoisotopic (exact) mass is 159 g/mol. The zero-order chi connectivity index (χ0) is 3.54. The molecule has 3 N–H and O–H groups in total. The van der Waals surface area contributed by atoms with E-state index in [2.05, 4.69) is 15.2 Å². The van der Waals surface area contributed by atoms with Gasteiger partial charge in [0.25, 0.3) is 0 Å². The number of rotatable bonds is 0. The molecular weight excluding hydrogens is 153 g/mol. The van der Waals surface area contributed by atoms with Gasteiger partial charge in [0.2, 0.25) is 0 Å². The molecule has 0 aliphatic rings. The fourth-order valence-electron chi connectivity index (χ4n) is 0.167. The van der Waals surface area contributed by atoms with Crippen LogP contribution in [0.25, 0.3) is 0 Å². The van der Waals surface area contributed by atoms with Crippen molar-refractivity contribution in [1.29, 1.82) is 0 Å².